The molecule has 0 saturated heterocycles. The molecule has 3 rings (SSSR count). The average Bonchev–Trinajstić information content (AvgIpc) is 3.01. The minimum atomic E-state index is -3.22. The highest BCUT2D eigenvalue weighted by Gasteiger charge is 2.14. The molecule has 0 atom stereocenters. The van der Waals surface area contributed by atoms with Gasteiger partial charge in [-0.25, -0.2) is 8.42 Å². The van der Waals surface area contributed by atoms with E-state index in [9.17, 15) is 8.42 Å². The van der Waals surface area contributed by atoms with Crippen LogP contribution < -0.4 is 0 Å². The van der Waals surface area contributed by atoms with E-state index in [1.807, 2.05) is 37.4 Å². The molecular weight excluding hydrogens is 350 g/mol. The van der Waals surface area contributed by atoms with Gasteiger partial charge in [-0.05, 0) is 36.9 Å². The predicted octanol–water partition coefficient (Wildman–Crippen LogP) is 2.85. The normalized spacial score (nSPS) is 12.3. The minimum absolute atomic E-state index is 0.234. The van der Waals surface area contributed by atoms with Crippen molar-refractivity contribution in [3.63, 3.8) is 0 Å². The maximum absolute atomic E-state index is 11.5. The van der Waals surface area contributed by atoms with Crippen molar-refractivity contribution >= 4 is 20.9 Å². The summed E-state index contributed by atoms with van der Waals surface area (Å²) in [4.78, 5) is 6.55. The molecule has 0 bridgehead atoms. The number of furan rings is 1. The number of hydrogen-bond acceptors (Lipinski definition) is 5. The highest BCUT2D eigenvalue weighted by molar-refractivity contribution is 7.88. The first-order valence-corrected chi connectivity index (χ1v) is 10.2. The quantitative estimate of drug-likeness (QED) is 0.637. The molecule has 0 spiro atoms. The molecular formula is C19H23N3O3S. The van der Waals surface area contributed by atoms with Gasteiger partial charge in [0.15, 0.2) is 0 Å². The van der Waals surface area contributed by atoms with Gasteiger partial charge in [-0.3, -0.25) is 9.88 Å². The highest BCUT2D eigenvalue weighted by Crippen LogP contribution is 2.19. The van der Waals surface area contributed by atoms with Crippen LogP contribution in [0.25, 0.3) is 10.9 Å². The lowest BCUT2D eigenvalue weighted by Crippen LogP contribution is -2.24. The third kappa shape index (κ3) is 4.49. The van der Waals surface area contributed by atoms with Crippen molar-refractivity contribution < 1.29 is 12.8 Å². The second-order valence-electron chi connectivity index (χ2n) is 6.55. The Hall–Kier alpha value is -2.22. The van der Waals surface area contributed by atoms with Crippen LogP contribution in [0.3, 0.4) is 0 Å². The van der Waals surface area contributed by atoms with E-state index in [2.05, 4.69) is 22.0 Å². The molecule has 0 radical (unpaired) electrons. The predicted molar refractivity (Wildman–Crippen MR) is 102 cm³/mol. The molecule has 0 saturated carbocycles. The number of benzene rings is 1. The molecule has 2 heterocycles. The molecule has 138 valence electrons. The molecule has 2 aromatic heterocycles. The lowest BCUT2D eigenvalue weighted by molar-refractivity contribution is 0.280. The van der Waals surface area contributed by atoms with Crippen LogP contribution in [0.5, 0.6) is 0 Å². The van der Waals surface area contributed by atoms with Crippen molar-refractivity contribution in [2.45, 2.75) is 19.6 Å². The van der Waals surface area contributed by atoms with E-state index in [-0.39, 0.29) is 6.54 Å². The van der Waals surface area contributed by atoms with Gasteiger partial charge < -0.3 is 4.42 Å². The molecule has 26 heavy (non-hydrogen) atoms. The Bertz CT molecular complexity index is 993. The molecule has 0 N–H and O–H groups in total. The van der Waals surface area contributed by atoms with Crippen molar-refractivity contribution in [2.75, 3.05) is 20.4 Å². The first-order valence-electron chi connectivity index (χ1n) is 8.33. The van der Waals surface area contributed by atoms with E-state index in [0.29, 0.717) is 12.3 Å². The number of hydrogen-bond donors (Lipinski definition) is 0. The van der Waals surface area contributed by atoms with Crippen molar-refractivity contribution in [1.82, 2.24) is 14.2 Å². The summed E-state index contributed by atoms with van der Waals surface area (Å²) in [5.41, 5.74) is 2.20. The maximum atomic E-state index is 11.5. The van der Waals surface area contributed by atoms with Crippen LogP contribution in [0, 0.1) is 0 Å². The Labute approximate surface area is 154 Å². The van der Waals surface area contributed by atoms with Crippen LogP contribution in [0.2, 0.25) is 0 Å². The zero-order valence-electron chi connectivity index (χ0n) is 15.2. The van der Waals surface area contributed by atoms with E-state index in [1.165, 1.54) is 23.2 Å². The Kier molecular flexibility index (Phi) is 5.41. The largest absolute Gasteiger partial charge is 0.463 e. The Morgan fingerprint density at radius 2 is 1.69 bits per heavy atom. The fourth-order valence-corrected chi connectivity index (χ4v) is 3.21. The Balaban J connectivity index is 1.66. The standard InChI is InChI=1S/C19H23N3O3S/c1-21(12-15-6-4-8-19-18(15)7-5-11-20-19)13-16-9-10-17(25-16)14-22(2)26(3,23)24/h4-11H,12-14H2,1-3H3. The van der Waals surface area contributed by atoms with E-state index in [1.54, 1.807) is 6.20 Å². The monoisotopic (exact) mass is 373 g/mol. The van der Waals surface area contributed by atoms with Gasteiger partial charge in [-0.1, -0.05) is 18.2 Å². The fourth-order valence-electron chi connectivity index (χ4n) is 2.85. The smallest absolute Gasteiger partial charge is 0.211 e. The molecule has 0 fully saturated rings. The molecule has 7 heteroatoms. The van der Waals surface area contributed by atoms with Gasteiger partial charge in [0, 0.05) is 25.2 Å². The van der Waals surface area contributed by atoms with Crippen LogP contribution in [0.15, 0.2) is 53.1 Å². The minimum Gasteiger partial charge on any atom is -0.463 e. The zero-order valence-corrected chi connectivity index (χ0v) is 16.0. The number of sulfonamides is 1. The van der Waals surface area contributed by atoms with Gasteiger partial charge in [-0.15, -0.1) is 0 Å². The van der Waals surface area contributed by atoms with Crippen LogP contribution in [0.4, 0.5) is 0 Å². The Morgan fingerprint density at radius 3 is 2.42 bits per heavy atom. The van der Waals surface area contributed by atoms with Gasteiger partial charge in [0.05, 0.1) is 24.9 Å². The molecule has 0 aliphatic heterocycles. The number of fused-ring (bicyclic) bond motifs is 1. The summed E-state index contributed by atoms with van der Waals surface area (Å²) < 4.78 is 30.1. The van der Waals surface area contributed by atoms with E-state index in [4.69, 9.17) is 4.42 Å². The summed E-state index contributed by atoms with van der Waals surface area (Å²) in [6, 6.07) is 13.9. The summed E-state index contributed by atoms with van der Waals surface area (Å²) in [6.45, 7) is 1.64. The van der Waals surface area contributed by atoms with Crippen molar-refractivity contribution in [3.05, 3.63) is 65.7 Å². The van der Waals surface area contributed by atoms with Crippen LogP contribution in [-0.2, 0) is 29.7 Å². The second kappa shape index (κ2) is 7.57. The Morgan fingerprint density at radius 1 is 0.962 bits per heavy atom. The maximum Gasteiger partial charge on any atom is 0.211 e. The first-order chi connectivity index (χ1) is 12.3. The fraction of sp³-hybridized carbons (Fsp3) is 0.316. The van der Waals surface area contributed by atoms with Crippen LogP contribution in [0.1, 0.15) is 17.1 Å². The summed E-state index contributed by atoms with van der Waals surface area (Å²) in [6.07, 6.45) is 2.98. The van der Waals surface area contributed by atoms with Crippen LogP contribution >= 0.6 is 0 Å². The topological polar surface area (TPSA) is 66.7 Å². The van der Waals surface area contributed by atoms with Gasteiger partial charge in [0.25, 0.3) is 0 Å². The molecule has 0 aliphatic carbocycles. The molecule has 0 unspecified atom stereocenters. The van der Waals surface area contributed by atoms with Crippen LogP contribution in [-0.4, -0.2) is 43.0 Å². The van der Waals surface area contributed by atoms with Gasteiger partial charge in [0.1, 0.15) is 11.5 Å². The first kappa shape index (κ1) is 18.6. The summed E-state index contributed by atoms with van der Waals surface area (Å²) in [5.74, 6) is 1.44. The zero-order chi connectivity index (χ0) is 18.7. The lowest BCUT2D eigenvalue weighted by Gasteiger charge is -2.16. The molecule has 1 aromatic carbocycles. The summed E-state index contributed by atoms with van der Waals surface area (Å²) in [7, 11) is 0.348. The van der Waals surface area contributed by atoms with Gasteiger partial charge >= 0.3 is 0 Å². The summed E-state index contributed by atoms with van der Waals surface area (Å²) >= 11 is 0. The molecule has 0 aliphatic rings. The number of rotatable bonds is 7. The molecule has 6 nitrogen and oxygen atoms in total. The lowest BCUT2D eigenvalue weighted by atomic mass is 10.1. The summed E-state index contributed by atoms with van der Waals surface area (Å²) in [5, 5.41) is 1.15. The van der Waals surface area contributed by atoms with Crippen molar-refractivity contribution in [2.24, 2.45) is 0 Å². The van der Waals surface area contributed by atoms with E-state index >= 15 is 0 Å². The third-order valence-corrected chi connectivity index (χ3v) is 5.53. The van der Waals surface area contributed by atoms with Crippen molar-refractivity contribution in [3.8, 4) is 0 Å². The number of pyridine rings is 1. The SMILES string of the molecule is CN(Cc1ccc(CN(C)S(C)(=O)=O)o1)Cc1cccc2ncccc12. The van der Waals surface area contributed by atoms with E-state index in [0.717, 1.165) is 23.2 Å². The molecule has 0 amide bonds. The number of nitrogens with zero attached hydrogens (tertiary/aromatic N) is 3. The number of aromatic nitrogens is 1. The average molecular weight is 373 g/mol. The van der Waals surface area contributed by atoms with Gasteiger partial charge in [-0.2, -0.15) is 4.31 Å². The van der Waals surface area contributed by atoms with Crippen molar-refractivity contribution in [1.29, 1.82) is 0 Å². The third-order valence-electron chi connectivity index (χ3n) is 4.26. The van der Waals surface area contributed by atoms with E-state index < -0.39 is 10.0 Å². The van der Waals surface area contributed by atoms with Gasteiger partial charge in [0.2, 0.25) is 10.0 Å². The second-order valence-corrected chi connectivity index (χ2v) is 8.64. The molecule has 3 aromatic rings. The highest BCUT2D eigenvalue weighted by atomic mass is 32.2.